The molecule has 0 fully saturated rings. The number of nitrogens with zero attached hydrogens (tertiary/aromatic N) is 1. The van der Waals surface area contributed by atoms with Crippen molar-refractivity contribution < 1.29 is 14.7 Å². The van der Waals surface area contributed by atoms with Crippen LogP contribution in [0.25, 0.3) is 0 Å². The first kappa shape index (κ1) is 13.4. The van der Waals surface area contributed by atoms with E-state index in [4.69, 9.17) is 10.8 Å². The molecule has 1 heterocycles. The van der Waals surface area contributed by atoms with Crippen LogP contribution in [0.2, 0.25) is 0 Å². The lowest BCUT2D eigenvalue weighted by atomic mass is 10.0. The van der Waals surface area contributed by atoms with Crippen LogP contribution in [0.15, 0.2) is 18.2 Å². The van der Waals surface area contributed by atoms with Gasteiger partial charge < -0.3 is 21.1 Å². The molecule has 2 rings (SSSR count). The Kier molecular flexibility index (Phi) is 3.20. The molecule has 1 aliphatic heterocycles. The Morgan fingerprint density at radius 1 is 1.53 bits per heavy atom. The van der Waals surface area contributed by atoms with Crippen LogP contribution in [-0.4, -0.2) is 35.6 Å². The summed E-state index contributed by atoms with van der Waals surface area (Å²) in [4.78, 5) is 24.4. The van der Waals surface area contributed by atoms with Crippen molar-refractivity contribution in [1.82, 2.24) is 0 Å². The number of carbonyl (C=O) groups is 2. The topological polar surface area (TPSA) is 95.7 Å². The van der Waals surface area contributed by atoms with Crippen molar-refractivity contribution in [3.05, 3.63) is 23.8 Å². The third-order valence-corrected chi connectivity index (χ3v) is 2.79. The number of amides is 1. The van der Waals surface area contributed by atoms with Crippen LogP contribution in [-0.2, 0) is 4.79 Å². The summed E-state index contributed by atoms with van der Waals surface area (Å²) in [5.74, 6) is -1.12. The van der Waals surface area contributed by atoms with E-state index in [1.54, 1.807) is 17.0 Å². The zero-order valence-electron chi connectivity index (χ0n) is 10.9. The molecule has 6 nitrogen and oxygen atoms in total. The lowest BCUT2D eigenvalue weighted by molar-refractivity contribution is -0.115. The number of hydrogen-bond acceptors (Lipinski definition) is 4. The number of hydrogen-bond donors (Lipinski definition) is 3. The molecule has 1 aliphatic rings. The smallest absolute Gasteiger partial charge is 0.335 e. The molecule has 1 aromatic rings. The number of carboxylic acids is 1. The van der Waals surface area contributed by atoms with Crippen molar-refractivity contribution in [1.29, 1.82) is 0 Å². The minimum absolute atomic E-state index is 0.125. The predicted octanol–water partition coefficient (Wildman–Crippen LogP) is 0.881. The van der Waals surface area contributed by atoms with Gasteiger partial charge >= 0.3 is 5.97 Å². The SMILES string of the molecule is CC(C)(N)CN1CC(=O)Nc2ccc(C(=O)O)cc21. The number of nitrogens with two attached hydrogens (primary N) is 1. The van der Waals surface area contributed by atoms with Gasteiger partial charge in [-0.1, -0.05) is 0 Å². The first-order chi connectivity index (χ1) is 8.76. The van der Waals surface area contributed by atoms with Crippen LogP contribution < -0.4 is 16.0 Å². The van der Waals surface area contributed by atoms with E-state index in [-0.39, 0.29) is 18.0 Å². The lowest BCUT2D eigenvalue weighted by Gasteiger charge is -2.35. The highest BCUT2D eigenvalue weighted by atomic mass is 16.4. The van der Waals surface area contributed by atoms with Gasteiger partial charge in [-0.2, -0.15) is 0 Å². The number of anilines is 2. The highest BCUT2D eigenvalue weighted by Crippen LogP contribution is 2.31. The summed E-state index contributed by atoms with van der Waals surface area (Å²) in [5.41, 5.74) is 7.00. The van der Waals surface area contributed by atoms with Crippen molar-refractivity contribution in [3.63, 3.8) is 0 Å². The number of nitrogens with one attached hydrogen (secondary N) is 1. The monoisotopic (exact) mass is 263 g/mol. The maximum Gasteiger partial charge on any atom is 0.335 e. The average Bonchev–Trinajstić information content (AvgIpc) is 2.25. The van der Waals surface area contributed by atoms with Gasteiger partial charge in [0.05, 0.1) is 23.5 Å². The number of rotatable bonds is 3. The van der Waals surface area contributed by atoms with Gasteiger partial charge in [0, 0.05) is 12.1 Å². The van der Waals surface area contributed by atoms with Crippen molar-refractivity contribution in [3.8, 4) is 0 Å². The van der Waals surface area contributed by atoms with Crippen LogP contribution in [0.5, 0.6) is 0 Å². The summed E-state index contributed by atoms with van der Waals surface area (Å²) in [5, 5.41) is 11.8. The fourth-order valence-electron chi connectivity index (χ4n) is 2.11. The van der Waals surface area contributed by atoms with Gasteiger partial charge in [0.25, 0.3) is 0 Å². The summed E-state index contributed by atoms with van der Waals surface area (Å²) in [6.45, 7) is 4.37. The van der Waals surface area contributed by atoms with Gasteiger partial charge in [-0.05, 0) is 32.0 Å². The van der Waals surface area contributed by atoms with Gasteiger partial charge in [-0.3, -0.25) is 4.79 Å². The van der Waals surface area contributed by atoms with Crippen molar-refractivity contribution in [2.75, 3.05) is 23.3 Å². The normalized spacial score (nSPS) is 14.9. The maximum absolute atomic E-state index is 11.6. The summed E-state index contributed by atoms with van der Waals surface area (Å²) >= 11 is 0. The molecule has 1 aromatic carbocycles. The molecule has 0 aromatic heterocycles. The zero-order valence-corrected chi connectivity index (χ0v) is 10.9. The largest absolute Gasteiger partial charge is 0.478 e. The minimum Gasteiger partial charge on any atom is -0.478 e. The van der Waals surface area contributed by atoms with E-state index in [1.165, 1.54) is 6.07 Å². The zero-order chi connectivity index (χ0) is 14.2. The first-order valence-electron chi connectivity index (χ1n) is 5.97. The van der Waals surface area contributed by atoms with E-state index in [0.717, 1.165) is 0 Å². The van der Waals surface area contributed by atoms with Crippen molar-refractivity contribution in [2.24, 2.45) is 5.73 Å². The Labute approximate surface area is 111 Å². The molecular formula is C13H17N3O3. The van der Waals surface area contributed by atoms with Crippen LogP contribution in [0, 0.1) is 0 Å². The van der Waals surface area contributed by atoms with Gasteiger partial charge in [0.15, 0.2) is 0 Å². The maximum atomic E-state index is 11.6. The molecule has 6 heteroatoms. The van der Waals surface area contributed by atoms with E-state index in [0.29, 0.717) is 17.9 Å². The van der Waals surface area contributed by atoms with E-state index in [1.807, 2.05) is 13.8 Å². The van der Waals surface area contributed by atoms with Crippen LogP contribution in [0.1, 0.15) is 24.2 Å². The highest BCUT2D eigenvalue weighted by molar-refractivity contribution is 6.02. The molecular weight excluding hydrogens is 246 g/mol. The first-order valence-corrected chi connectivity index (χ1v) is 5.97. The summed E-state index contributed by atoms with van der Waals surface area (Å²) in [6, 6.07) is 4.63. The molecule has 1 amide bonds. The fraction of sp³-hybridized carbons (Fsp3) is 0.385. The predicted molar refractivity (Wildman–Crippen MR) is 72.5 cm³/mol. The molecule has 0 radical (unpaired) electrons. The molecule has 0 saturated carbocycles. The molecule has 19 heavy (non-hydrogen) atoms. The van der Waals surface area contributed by atoms with E-state index >= 15 is 0 Å². The Morgan fingerprint density at radius 2 is 2.21 bits per heavy atom. The minimum atomic E-state index is -0.994. The molecule has 4 N–H and O–H groups in total. The summed E-state index contributed by atoms with van der Waals surface area (Å²) in [6.07, 6.45) is 0. The number of carbonyl (C=O) groups excluding carboxylic acids is 1. The highest BCUT2D eigenvalue weighted by Gasteiger charge is 2.26. The van der Waals surface area contributed by atoms with Crippen LogP contribution in [0.4, 0.5) is 11.4 Å². The standard InChI is InChI=1S/C13H17N3O3/c1-13(2,14)7-16-6-11(17)15-9-4-3-8(12(18)19)5-10(9)16/h3-5H,6-7,14H2,1-2H3,(H,15,17)(H,18,19). The molecule has 102 valence electrons. The van der Waals surface area contributed by atoms with Crippen LogP contribution >= 0.6 is 0 Å². The van der Waals surface area contributed by atoms with Gasteiger partial charge in [0.1, 0.15) is 0 Å². The Bertz CT molecular complexity index is 534. The van der Waals surface area contributed by atoms with E-state index in [2.05, 4.69) is 5.32 Å². The molecule has 0 saturated heterocycles. The molecule has 0 atom stereocenters. The number of fused-ring (bicyclic) bond motifs is 1. The second kappa shape index (κ2) is 4.55. The Morgan fingerprint density at radius 3 is 2.79 bits per heavy atom. The lowest BCUT2D eigenvalue weighted by Crippen LogP contribution is -2.49. The number of carboxylic acid groups (broad SMARTS) is 1. The van der Waals surface area contributed by atoms with E-state index in [9.17, 15) is 9.59 Å². The number of benzene rings is 1. The third kappa shape index (κ3) is 3.03. The molecule has 0 unspecified atom stereocenters. The molecule has 0 spiro atoms. The van der Waals surface area contributed by atoms with Crippen molar-refractivity contribution >= 4 is 23.3 Å². The van der Waals surface area contributed by atoms with Gasteiger partial charge in [-0.25, -0.2) is 4.79 Å². The fourth-order valence-corrected chi connectivity index (χ4v) is 2.11. The van der Waals surface area contributed by atoms with Gasteiger partial charge in [-0.15, -0.1) is 0 Å². The van der Waals surface area contributed by atoms with Crippen LogP contribution in [0.3, 0.4) is 0 Å². The average molecular weight is 263 g/mol. The van der Waals surface area contributed by atoms with Gasteiger partial charge in [0.2, 0.25) is 5.91 Å². The molecule has 0 aliphatic carbocycles. The Balaban J connectivity index is 2.41. The van der Waals surface area contributed by atoms with Crippen molar-refractivity contribution in [2.45, 2.75) is 19.4 Å². The van der Waals surface area contributed by atoms with E-state index < -0.39 is 11.5 Å². The molecule has 0 bridgehead atoms. The Hall–Kier alpha value is -2.08. The second-order valence-corrected chi connectivity index (χ2v) is 5.43. The summed E-state index contributed by atoms with van der Waals surface area (Å²) in [7, 11) is 0. The second-order valence-electron chi connectivity index (χ2n) is 5.43. The quantitative estimate of drug-likeness (QED) is 0.752. The summed E-state index contributed by atoms with van der Waals surface area (Å²) < 4.78 is 0. The number of aromatic carboxylic acids is 1. The third-order valence-electron chi connectivity index (χ3n) is 2.79.